The number of nitrogens with zero attached hydrogens (tertiary/aromatic N) is 1. The SMILES string of the molecule is COC(CNC(=O)C1CC(C(=O)c2c(-c3c(Cl)cccc3Cl)noc2C)CN1)OC. The molecule has 2 aromatic rings. The number of aromatic nitrogens is 1. The first-order valence-electron chi connectivity index (χ1n) is 9.38. The minimum Gasteiger partial charge on any atom is -0.360 e. The summed E-state index contributed by atoms with van der Waals surface area (Å²) in [6.45, 7) is 2.23. The summed E-state index contributed by atoms with van der Waals surface area (Å²) in [6, 6.07) is 4.56. The van der Waals surface area contributed by atoms with E-state index in [1.807, 2.05) is 0 Å². The fraction of sp³-hybridized carbons (Fsp3) is 0.450. The zero-order valence-corrected chi connectivity index (χ0v) is 18.3. The molecule has 3 rings (SSSR count). The van der Waals surface area contributed by atoms with Gasteiger partial charge in [0.15, 0.2) is 12.1 Å². The molecular weight excluding hydrogens is 433 g/mol. The molecule has 0 bridgehead atoms. The van der Waals surface area contributed by atoms with Crippen LogP contribution in [0.4, 0.5) is 0 Å². The second-order valence-electron chi connectivity index (χ2n) is 6.96. The molecule has 162 valence electrons. The highest BCUT2D eigenvalue weighted by Crippen LogP contribution is 2.38. The Hall–Kier alpha value is -1.97. The molecule has 30 heavy (non-hydrogen) atoms. The van der Waals surface area contributed by atoms with E-state index in [4.69, 9.17) is 37.2 Å². The molecule has 2 N–H and O–H groups in total. The monoisotopic (exact) mass is 455 g/mol. The summed E-state index contributed by atoms with van der Waals surface area (Å²) < 4.78 is 15.4. The van der Waals surface area contributed by atoms with Crippen LogP contribution in [0.2, 0.25) is 10.0 Å². The first-order chi connectivity index (χ1) is 14.4. The molecule has 1 aliphatic heterocycles. The minimum atomic E-state index is -0.532. The van der Waals surface area contributed by atoms with Gasteiger partial charge < -0.3 is 24.6 Å². The number of rotatable bonds is 8. The average Bonchev–Trinajstić information content (AvgIpc) is 3.36. The predicted octanol–water partition coefficient (Wildman–Crippen LogP) is 2.85. The highest BCUT2D eigenvalue weighted by molar-refractivity contribution is 6.39. The molecule has 0 aliphatic carbocycles. The van der Waals surface area contributed by atoms with Crippen molar-refractivity contribution >= 4 is 34.9 Å². The van der Waals surface area contributed by atoms with Crippen LogP contribution in [0.5, 0.6) is 0 Å². The van der Waals surface area contributed by atoms with E-state index >= 15 is 0 Å². The maximum absolute atomic E-state index is 13.3. The largest absolute Gasteiger partial charge is 0.360 e. The smallest absolute Gasteiger partial charge is 0.237 e. The lowest BCUT2D eigenvalue weighted by Gasteiger charge is -2.16. The average molecular weight is 456 g/mol. The van der Waals surface area contributed by atoms with E-state index in [1.165, 1.54) is 14.2 Å². The van der Waals surface area contributed by atoms with Crippen molar-refractivity contribution < 1.29 is 23.6 Å². The highest BCUT2D eigenvalue weighted by Gasteiger charge is 2.37. The summed E-state index contributed by atoms with van der Waals surface area (Å²) in [5.74, 6) is -0.434. The van der Waals surface area contributed by atoms with E-state index in [2.05, 4.69) is 15.8 Å². The number of halogens is 2. The molecule has 2 unspecified atom stereocenters. The second kappa shape index (κ2) is 9.89. The summed E-state index contributed by atoms with van der Waals surface area (Å²) in [4.78, 5) is 25.7. The van der Waals surface area contributed by atoms with Crippen molar-refractivity contribution in [2.75, 3.05) is 27.3 Å². The Balaban J connectivity index is 1.75. The van der Waals surface area contributed by atoms with Crippen molar-refractivity contribution in [2.45, 2.75) is 25.7 Å². The van der Waals surface area contributed by atoms with E-state index in [0.29, 0.717) is 45.6 Å². The molecule has 1 saturated heterocycles. The quantitative estimate of drug-likeness (QED) is 0.465. The number of nitrogens with one attached hydrogen (secondary N) is 2. The van der Waals surface area contributed by atoms with Crippen LogP contribution >= 0.6 is 23.2 Å². The van der Waals surface area contributed by atoms with Gasteiger partial charge in [-0.2, -0.15) is 0 Å². The Morgan fingerprint density at radius 3 is 2.60 bits per heavy atom. The molecule has 1 aliphatic rings. The van der Waals surface area contributed by atoms with Gasteiger partial charge >= 0.3 is 0 Å². The number of carbonyl (C=O) groups excluding carboxylic acids is 2. The number of methoxy groups -OCH3 is 2. The maximum Gasteiger partial charge on any atom is 0.237 e. The lowest BCUT2D eigenvalue weighted by molar-refractivity contribution is -0.128. The van der Waals surface area contributed by atoms with Crippen molar-refractivity contribution in [3.8, 4) is 11.3 Å². The van der Waals surface area contributed by atoms with Crippen LogP contribution in [0.25, 0.3) is 11.3 Å². The van der Waals surface area contributed by atoms with Crippen LogP contribution in [0.3, 0.4) is 0 Å². The van der Waals surface area contributed by atoms with Gasteiger partial charge in [-0.3, -0.25) is 9.59 Å². The van der Waals surface area contributed by atoms with Crippen molar-refractivity contribution in [3.05, 3.63) is 39.6 Å². The Labute approximate surface area is 184 Å². The van der Waals surface area contributed by atoms with Gasteiger partial charge in [0.2, 0.25) is 5.91 Å². The van der Waals surface area contributed by atoms with Crippen LogP contribution in [0, 0.1) is 12.8 Å². The number of benzene rings is 1. The molecule has 0 radical (unpaired) electrons. The predicted molar refractivity (Wildman–Crippen MR) is 112 cm³/mol. The van der Waals surface area contributed by atoms with Gasteiger partial charge in [0.05, 0.1) is 28.2 Å². The van der Waals surface area contributed by atoms with Crippen LogP contribution in [-0.2, 0) is 14.3 Å². The molecule has 2 atom stereocenters. The number of Topliss-reactive ketones (excluding diaryl/α,β-unsaturated/α-hetero) is 1. The third kappa shape index (κ3) is 4.68. The Morgan fingerprint density at radius 2 is 1.97 bits per heavy atom. The molecule has 1 amide bonds. The van der Waals surface area contributed by atoms with Gasteiger partial charge in [0, 0.05) is 32.2 Å². The van der Waals surface area contributed by atoms with Gasteiger partial charge in [0.25, 0.3) is 0 Å². The van der Waals surface area contributed by atoms with Gasteiger partial charge in [-0.25, -0.2) is 0 Å². The van der Waals surface area contributed by atoms with Crippen LogP contribution in [0.15, 0.2) is 22.7 Å². The summed E-state index contributed by atoms with van der Waals surface area (Å²) in [5, 5.41) is 10.6. The molecule has 2 heterocycles. The molecule has 10 heteroatoms. The van der Waals surface area contributed by atoms with E-state index in [9.17, 15) is 9.59 Å². The number of ether oxygens (including phenoxy) is 2. The van der Waals surface area contributed by atoms with E-state index in [1.54, 1.807) is 25.1 Å². The zero-order chi connectivity index (χ0) is 21.8. The standard InChI is InChI=1S/C20H23Cl2N3O5/c1-10-16(18(25-30-10)17-12(21)5-4-6-13(17)22)19(26)11-7-14(23-8-11)20(27)24-9-15(28-2)29-3/h4-6,11,14-15,23H,7-9H2,1-3H3,(H,24,27). The van der Waals surface area contributed by atoms with Crippen molar-refractivity contribution in [2.24, 2.45) is 5.92 Å². The highest BCUT2D eigenvalue weighted by atomic mass is 35.5. The first kappa shape index (κ1) is 22.7. The van der Waals surface area contributed by atoms with Crippen molar-refractivity contribution in [1.29, 1.82) is 0 Å². The number of ketones is 1. The lowest BCUT2D eigenvalue weighted by atomic mass is 9.92. The summed E-state index contributed by atoms with van der Waals surface area (Å²) >= 11 is 12.6. The number of hydrogen-bond donors (Lipinski definition) is 2. The molecule has 1 aromatic heterocycles. The number of carbonyl (C=O) groups is 2. The van der Waals surface area contributed by atoms with Crippen molar-refractivity contribution in [3.63, 3.8) is 0 Å². The zero-order valence-electron chi connectivity index (χ0n) is 16.8. The fourth-order valence-electron chi connectivity index (χ4n) is 3.47. The summed E-state index contributed by atoms with van der Waals surface area (Å²) in [5.41, 5.74) is 1.09. The minimum absolute atomic E-state index is 0.172. The third-order valence-electron chi connectivity index (χ3n) is 5.10. The Morgan fingerprint density at radius 1 is 1.30 bits per heavy atom. The normalized spacial score (nSPS) is 18.7. The molecule has 8 nitrogen and oxygen atoms in total. The van der Waals surface area contributed by atoms with Gasteiger partial charge in [-0.15, -0.1) is 0 Å². The number of aryl methyl sites for hydroxylation is 1. The maximum atomic E-state index is 13.3. The Bertz CT molecular complexity index is 909. The van der Waals surface area contributed by atoms with Crippen molar-refractivity contribution in [1.82, 2.24) is 15.8 Å². The number of amides is 1. The molecular formula is C20H23Cl2N3O5. The van der Waals surface area contributed by atoms with E-state index < -0.39 is 18.2 Å². The summed E-state index contributed by atoms with van der Waals surface area (Å²) in [6.07, 6.45) is -0.189. The van der Waals surface area contributed by atoms with Gasteiger partial charge in [-0.1, -0.05) is 34.4 Å². The van der Waals surface area contributed by atoms with Crippen LogP contribution in [-0.4, -0.2) is 56.5 Å². The summed E-state index contributed by atoms with van der Waals surface area (Å²) in [7, 11) is 2.99. The first-order valence-corrected chi connectivity index (χ1v) is 10.1. The Kier molecular flexibility index (Phi) is 7.49. The van der Waals surface area contributed by atoms with Gasteiger partial charge in [0.1, 0.15) is 11.5 Å². The molecule has 0 saturated carbocycles. The number of hydrogen-bond acceptors (Lipinski definition) is 7. The molecule has 1 aromatic carbocycles. The van der Waals surface area contributed by atoms with Crippen LogP contribution in [0.1, 0.15) is 22.5 Å². The topological polar surface area (TPSA) is 103 Å². The molecule has 1 fully saturated rings. The van der Waals surface area contributed by atoms with E-state index in [0.717, 1.165) is 0 Å². The van der Waals surface area contributed by atoms with Gasteiger partial charge in [-0.05, 0) is 25.5 Å². The second-order valence-corrected chi connectivity index (χ2v) is 7.78. The lowest BCUT2D eigenvalue weighted by Crippen LogP contribution is -2.43. The fourth-order valence-corrected chi connectivity index (χ4v) is 4.04. The van der Waals surface area contributed by atoms with Crippen LogP contribution < -0.4 is 10.6 Å². The third-order valence-corrected chi connectivity index (χ3v) is 5.73. The molecule has 0 spiro atoms. The van der Waals surface area contributed by atoms with E-state index in [-0.39, 0.29) is 18.2 Å².